The van der Waals surface area contributed by atoms with Crippen LogP contribution < -0.4 is 20.1 Å². The molecule has 2 fully saturated rings. The molecule has 2 aliphatic rings. The number of fused-ring (bicyclic) bond motifs is 1. The number of para-hydroxylation sites is 1. The van der Waals surface area contributed by atoms with E-state index in [0.29, 0.717) is 61.6 Å². The zero-order chi connectivity index (χ0) is 31.3. The molecule has 0 amide bonds. The molecule has 0 atom stereocenters. The van der Waals surface area contributed by atoms with E-state index in [1.54, 1.807) is 37.3 Å². The Morgan fingerprint density at radius 2 is 1.89 bits per heavy atom. The Labute approximate surface area is 258 Å². The topological polar surface area (TPSA) is 157 Å². The molecule has 14 heteroatoms. The Bertz CT molecular complexity index is 2050. The summed E-state index contributed by atoms with van der Waals surface area (Å²) in [7, 11) is -3.52. The Morgan fingerprint density at radius 1 is 1.11 bits per heavy atom. The summed E-state index contributed by atoms with van der Waals surface area (Å²) in [6, 6.07) is 13.0. The molecule has 232 valence electrons. The minimum Gasteiger partial charge on any atom is -0.436 e. The summed E-state index contributed by atoms with van der Waals surface area (Å²) >= 11 is 0. The van der Waals surface area contributed by atoms with Crippen LogP contribution in [0.15, 0.2) is 60.9 Å². The van der Waals surface area contributed by atoms with Gasteiger partial charge in [-0.15, -0.1) is 0 Å². The summed E-state index contributed by atoms with van der Waals surface area (Å²) in [5.41, 5.74) is 9.87. The highest BCUT2D eigenvalue weighted by Crippen LogP contribution is 2.37. The van der Waals surface area contributed by atoms with E-state index in [1.807, 2.05) is 6.07 Å². The third-order valence-electron chi connectivity index (χ3n) is 7.94. The van der Waals surface area contributed by atoms with Crippen molar-refractivity contribution in [3.05, 3.63) is 83.6 Å². The number of carbonyl (C=O) groups is 1. The fourth-order valence-electron chi connectivity index (χ4n) is 5.36. The van der Waals surface area contributed by atoms with Crippen LogP contribution in [0.1, 0.15) is 34.5 Å². The summed E-state index contributed by atoms with van der Waals surface area (Å²) in [4.78, 5) is 23.2. The highest BCUT2D eigenvalue weighted by atomic mass is 32.2. The highest BCUT2D eigenvalue weighted by Gasteiger charge is 2.36. The van der Waals surface area contributed by atoms with Crippen LogP contribution in [0.4, 0.5) is 21.6 Å². The Morgan fingerprint density at radius 3 is 2.62 bits per heavy atom. The second-order valence-corrected chi connectivity index (χ2v) is 13.1. The van der Waals surface area contributed by atoms with Crippen molar-refractivity contribution in [1.29, 1.82) is 0 Å². The van der Waals surface area contributed by atoms with Crippen molar-refractivity contribution in [2.24, 2.45) is 0 Å². The molecule has 0 radical (unpaired) electrons. The van der Waals surface area contributed by atoms with Crippen LogP contribution >= 0.6 is 0 Å². The summed E-state index contributed by atoms with van der Waals surface area (Å²) in [6.45, 7) is 4.08. The third kappa shape index (κ3) is 5.58. The molecule has 12 nitrogen and oxygen atoms in total. The number of H-pyrrole nitrogens is 1. The number of aryl methyl sites for hydroxylation is 1. The monoisotopic (exact) mass is 631 g/mol. The summed E-state index contributed by atoms with van der Waals surface area (Å²) in [5, 5.41) is 4.70. The first kappa shape index (κ1) is 28.8. The Balaban J connectivity index is 1.18. The number of benzene rings is 2. The maximum atomic E-state index is 14.0. The fraction of sp³-hybridized carbons (Fsp3) is 0.258. The van der Waals surface area contributed by atoms with Crippen molar-refractivity contribution >= 4 is 43.9 Å². The van der Waals surface area contributed by atoms with Crippen LogP contribution in [0.25, 0.3) is 16.6 Å². The molecule has 5 aromatic rings. The van der Waals surface area contributed by atoms with E-state index in [2.05, 4.69) is 24.7 Å². The summed E-state index contributed by atoms with van der Waals surface area (Å²) < 4.78 is 55.0. The second-order valence-electron chi connectivity index (χ2n) is 11.1. The van der Waals surface area contributed by atoms with Gasteiger partial charge >= 0.3 is 0 Å². The van der Waals surface area contributed by atoms with E-state index in [1.165, 1.54) is 29.2 Å². The number of morpholine rings is 1. The molecule has 4 heterocycles. The molecule has 2 aromatic carbocycles. The normalized spacial score (nSPS) is 15.4. The second kappa shape index (κ2) is 11.2. The molecule has 1 aliphatic carbocycles. The van der Waals surface area contributed by atoms with E-state index in [9.17, 15) is 17.6 Å². The number of rotatable bonds is 9. The lowest BCUT2D eigenvalue weighted by Crippen LogP contribution is -2.36. The van der Waals surface area contributed by atoms with Gasteiger partial charge < -0.3 is 25.1 Å². The number of anilines is 3. The van der Waals surface area contributed by atoms with Gasteiger partial charge in [0.2, 0.25) is 21.7 Å². The van der Waals surface area contributed by atoms with Gasteiger partial charge in [-0.05, 0) is 55.7 Å². The van der Waals surface area contributed by atoms with Gasteiger partial charge in [-0.3, -0.25) is 9.52 Å². The SMILES string of the molecule is Cc1cc(Oc2ccccc2F)ncc1-n1ncc(C(=O)c2cc3cc(N4CCOCC4)c(NS(=O)(=O)C4CC4)cc3[nH]2)c1N. The van der Waals surface area contributed by atoms with E-state index in [0.717, 1.165) is 11.1 Å². The standard InChI is InChI=1S/C31H30FN7O5S/c1-18-12-29(44-28-5-3-2-4-22(28)32)34-17-27(18)39-31(33)21(16-35-39)30(40)25-13-19-14-26(38-8-10-43-11-9-38)24(15-23(19)36-25)37-45(41,42)20-6-7-20/h2-5,12-17,20,36-37H,6-11,33H2,1H3. The minimum atomic E-state index is -3.52. The number of hydrogen-bond donors (Lipinski definition) is 3. The van der Waals surface area contributed by atoms with Crippen LogP contribution in [0.3, 0.4) is 0 Å². The molecular weight excluding hydrogens is 601 g/mol. The predicted molar refractivity (Wildman–Crippen MR) is 167 cm³/mol. The molecule has 0 bridgehead atoms. The average molecular weight is 632 g/mol. The number of hydrogen-bond acceptors (Lipinski definition) is 9. The number of sulfonamides is 1. The largest absolute Gasteiger partial charge is 0.436 e. The first-order valence-electron chi connectivity index (χ1n) is 14.5. The molecule has 1 saturated carbocycles. The van der Waals surface area contributed by atoms with Gasteiger partial charge in [0.1, 0.15) is 5.82 Å². The number of aromatic nitrogens is 4. The summed E-state index contributed by atoms with van der Waals surface area (Å²) in [5.74, 6) is -0.542. The van der Waals surface area contributed by atoms with Gasteiger partial charge in [0.05, 0.1) is 59.2 Å². The maximum absolute atomic E-state index is 14.0. The summed E-state index contributed by atoms with van der Waals surface area (Å²) in [6.07, 6.45) is 4.16. The first-order chi connectivity index (χ1) is 21.7. The third-order valence-corrected chi connectivity index (χ3v) is 9.79. The number of ketones is 1. The molecule has 1 aliphatic heterocycles. The van der Waals surface area contributed by atoms with Crippen molar-refractivity contribution in [3.8, 4) is 17.3 Å². The quantitative estimate of drug-likeness (QED) is 0.199. The van der Waals surface area contributed by atoms with Gasteiger partial charge in [-0.2, -0.15) is 5.10 Å². The van der Waals surface area contributed by atoms with E-state index >= 15 is 0 Å². The number of halogens is 1. The van der Waals surface area contributed by atoms with Crippen LogP contribution in [-0.2, 0) is 14.8 Å². The smallest absolute Gasteiger partial charge is 0.235 e. The highest BCUT2D eigenvalue weighted by molar-refractivity contribution is 7.93. The van der Waals surface area contributed by atoms with Gasteiger partial charge in [-0.1, -0.05) is 12.1 Å². The number of carbonyl (C=O) groups excluding carboxylic acids is 1. The Kier molecular flexibility index (Phi) is 7.17. The molecule has 0 spiro atoms. The first-order valence-corrected chi connectivity index (χ1v) is 16.0. The van der Waals surface area contributed by atoms with Gasteiger partial charge in [0.25, 0.3) is 0 Å². The number of nitrogens with one attached hydrogen (secondary N) is 2. The van der Waals surface area contributed by atoms with E-state index < -0.39 is 15.8 Å². The average Bonchev–Trinajstić information content (AvgIpc) is 3.72. The lowest BCUT2D eigenvalue weighted by Gasteiger charge is -2.30. The van der Waals surface area contributed by atoms with Crippen molar-refractivity contribution in [2.75, 3.05) is 41.7 Å². The van der Waals surface area contributed by atoms with Crippen molar-refractivity contribution in [2.45, 2.75) is 25.0 Å². The molecule has 3 aromatic heterocycles. The number of aromatic amines is 1. The lowest BCUT2D eigenvalue weighted by molar-refractivity contribution is 0.103. The van der Waals surface area contributed by atoms with Gasteiger partial charge in [0.15, 0.2) is 11.6 Å². The number of ether oxygens (including phenoxy) is 2. The maximum Gasteiger partial charge on any atom is 0.235 e. The molecule has 0 unspecified atom stereocenters. The van der Waals surface area contributed by atoms with Crippen LogP contribution in [-0.4, -0.2) is 65.5 Å². The van der Waals surface area contributed by atoms with Gasteiger partial charge in [-0.25, -0.2) is 22.5 Å². The molecule has 7 rings (SSSR count). The number of pyridine rings is 1. The molecular formula is C31H30FN7O5S. The molecule has 1 saturated heterocycles. The predicted octanol–water partition coefficient (Wildman–Crippen LogP) is 4.54. The lowest BCUT2D eigenvalue weighted by atomic mass is 10.1. The molecule has 4 N–H and O–H groups in total. The fourth-order valence-corrected chi connectivity index (χ4v) is 6.76. The number of nitrogens with two attached hydrogens (primary N) is 1. The van der Waals surface area contributed by atoms with E-state index in [-0.39, 0.29) is 39.7 Å². The van der Waals surface area contributed by atoms with Crippen molar-refractivity contribution < 1.29 is 27.1 Å². The van der Waals surface area contributed by atoms with E-state index in [4.69, 9.17) is 15.2 Å². The zero-order valence-corrected chi connectivity index (χ0v) is 25.1. The number of nitrogen functional groups attached to an aromatic ring is 1. The van der Waals surface area contributed by atoms with Crippen LogP contribution in [0.5, 0.6) is 11.6 Å². The number of nitrogens with zero attached hydrogens (tertiary/aromatic N) is 4. The Hall–Kier alpha value is -4.95. The van der Waals surface area contributed by atoms with Crippen molar-refractivity contribution in [3.63, 3.8) is 0 Å². The van der Waals surface area contributed by atoms with Gasteiger partial charge in [0, 0.05) is 30.1 Å². The molecule has 45 heavy (non-hydrogen) atoms. The minimum absolute atomic E-state index is 0.0477. The zero-order valence-electron chi connectivity index (χ0n) is 24.3. The van der Waals surface area contributed by atoms with Crippen LogP contribution in [0, 0.1) is 12.7 Å². The van der Waals surface area contributed by atoms with Crippen LogP contribution in [0.2, 0.25) is 0 Å². The van der Waals surface area contributed by atoms with Crippen molar-refractivity contribution in [1.82, 2.24) is 19.7 Å².